The van der Waals surface area contributed by atoms with E-state index in [0.29, 0.717) is 23.1 Å². The van der Waals surface area contributed by atoms with Crippen LogP contribution in [0.3, 0.4) is 0 Å². The highest BCUT2D eigenvalue weighted by atomic mass is 127. The second kappa shape index (κ2) is 11.2. The highest BCUT2D eigenvalue weighted by molar-refractivity contribution is 14.1. The van der Waals surface area contributed by atoms with Gasteiger partial charge in [0, 0.05) is 9.50 Å². The van der Waals surface area contributed by atoms with Gasteiger partial charge in [0.25, 0.3) is 5.91 Å². The SMILES string of the molecule is COc1cc(/C=N\NC(=O)c2ccc(Cl)cc2Cl)cc(I)c1OCc1ccc(Br)cc1. The number of rotatable bonds is 7. The van der Waals surface area contributed by atoms with Gasteiger partial charge in [0.1, 0.15) is 6.61 Å². The van der Waals surface area contributed by atoms with Gasteiger partial charge >= 0.3 is 0 Å². The van der Waals surface area contributed by atoms with Crippen LogP contribution < -0.4 is 14.9 Å². The van der Waals surface area contributed by atoms with Crippen LogP contribution in [0.25, 0.3) is 0 Å². The summed E-state index contributed by atoms with van der Waals surface area (Å²) in [4.78, 5) is 12.3. The van der Waals surface area contributed by atoms with Crippen LogP contribution in [0.4, 0.5) is 0 Å². The average Bonchev–Trinajstić information content (AvgIpc) is 2.73. The number of nitrogens with one attached hydrogen (secondary N) is 1. The molecule has 0 atom stereocenters. The minimum absolute atomic E-state index is 0.253. The van der Waals surface area contributed by atoms with Crippen molar-refractivity contribution in [2.75, 3.05) is 7.11 Å². The number of methoxy groups -OCH3 is 1. The van der Waals surface area contributed by atoms with Crippen molar-refractivity contribution in [2.45, 2.75) is 6.61 Å². The Morgan fingerprint density at radius 3 is 2.58 bits per heavy atom. The maximum atomic E-state index is 12.3. The zero-order valence-electron chi connectivity index (χ0n) is 16.2. The largest absolute Gasteiger partial charge is 0.493 e. The van der Waals surface area contributed by atoms with Gasteiger partial charge < -0.3 is 9.47 Å². The smallest absolute Gasteiger partial charge is 0.272 e. The van der Waals surface area contributed by atoms with E-state index in [4.69, 9.17) is 32.7 Å². The van der Waals surface area contributed by atoms with Crippen molar-refractivity contribution in [3.63, 3.8) is 0 Å². The van der Waals surface area contributed by atoms with Crippen molar-refractivity contribution in [1.82, 2.24) is 5.43 Å². The van der Waals surface area contributed by atoms with Crippen molar-refractivity contribution in [3.8, 4) is 11.5 Å². The van der Waals surface area contributed by atoms with E-state index in [9.17, 15) is 4.79 Å². The normalized spacial score (nSPS) is 10.9. The predicted octanol–water partition coefficient (Wildman–Crippen LogP) is 6.71. The number of nitrogens with zero attached hydrogens (tertiary/aromatic N) is 1. The van der Waals surface area contributed by atoms with Crippen molar-refractivity contribution in [2.24, 2.45) is 5.10 Å². The minimum atomic E-state index is -0.436. The third-order valence-corrected chi connectivity index (χ3v) is 5.98. The summed E-state index contributed by atoms with van der Waals surface area (Å²) in [6, 6.07) is 16.2. The second-order valence-corrected chi connectivity index (χ2v) is 9.19. The Kier molecular flexibility index (Phi) is 8.59. The van der Waals surface area contributed by atoms with E-state index in [1.165, 1.54) is 12.3 Å². The van der Waals surface area contributed by atoms with Gasteiger partial charge in [0.2, 0.25) is 0 Å². The van der Waals surface area contributed by atoms with Crippen molar-refractivity contribution in [1.29, 1.82) is 0 Å². The molecule has 1 N–H and O–H groups in total. The fourth-order valence-corrected chi connectivity index (χ4v) is 4.13. The molecule has 0 spiro atoms. The zero-order valence-corrected chi connectivity index (χ0v) is 21.4. The first-order valence-electron chi connectivity index (χ1n) is 8.90. The lowest BCUT2D eigenvalue weighted by Crippen LogP contribution is -2.18. The van der Waals surface area contributed by atoms with Gasteiger partial charge in [-0.05, 0) is 76.2 Å². The Bertz CT molecular complexity index is 1120. The van der Waals surface area contributed by atoms with Gasteiger partial charge in [0.05, 0.1) is 27.5 Å². The van der Waals surface area contributed by atoms with E-state index in [-0.39, 0.29) is 10.6 Å². The first-order chi connectivity index (χ1) is 14.9. The van der Waals surface area contributed by atoms with Crippen LogP contribution in [-0.4, -0.2) is 19.2 Å². The molecule has 0 unspecified atom stereocenters. The fraction of sp³-hybridized carbons (Fsp3) is 0.0909. The second-order valence-electron chi connectivity index (χ2n) is 6.27. The van der Waals surface area contributed by atoms with Crippen LogP contribution in [0, 0.1) is 3.57 Å². The highest BCUT2D eigenvalue weighted by Crippen LogP contribution is 2.34. The Labute approximate surface area is 212 Å². The molecule has 0 fully saturated rings. The Balaban J connectivity index is 1.69. The molecular weight excluding hydrogens is 618 g/mol. The van der Waals surface area contributed by atoms with Gasteiger partial charge in [-0.2, -0.15) is 5.10 Å². The number of benzene rings is 3. The molecule has 0 aliphatic heterocycles. The topological polar surface area (TPSA) is 59.9 Å². The first-order valence-corrected chi connectivity index (χ1v) is 11.5. The molecule has 3 aromatic carbocycles. The summed E-state index contributed by atoms with van der Waals surface area (Å²) in [6.45, 7) is 0.408. The van der Waals surface area contributed by atoms with Gasteiger partial charge in [-0.1, -0.05) is 51.3 Å². The number of halogens is 4. The molecule has 0 aromatic heterocycles. The van der Waals surface area contributed by atoms with Gasteiger partial charge in [-0.25, -0.2) is 5.43 Å². The molecule has 3 aromatic rings. The molecule has 0 saturated heterocycles. The lowest BCUT2D eigenvalue weighted by atomic mass is 10.2. The Hall–Kier alpha value is -1.81. The molecular formula is C22H16BrCl2IN2O3. The van der Waals surface area contributed by atoms with Crippen molar-refractivity contribution >= 4 is 73.8 Å². The molecule has 31 heavy (non-hydrogen) atoms. The summed E-state index contributed by atoms with van der Waals surface area (Å²) in [6.07, 6.45) is 1.52. The van der Waals surface area contributed by atoms with Crippen LogP contribution in [0.1, 0.15) is 21.5 Å². The number of hydrogen-bond acceptors (Lipinski definition) is 4. The first kappa shape index (κ1) is 23.8. The Morgan fingerprint density at radius 1 is 1.16 bits per heavy atom. The summed E-state index contributed by atoms with van der Waals surface area (Å²) in [7, 11) is 1.57. The summed E-state index contributed by atoms with van der Waals surface area (Å²) in [5, 5.41) is 4.72. The summed E-state index contributed by atoms with van der Waals surface area (Å²) >= 11 is 17.5. The summed E-state index contributed by atoms with van der Waals surface area (Å²) in [5.74, 6) is 0.770. The molecule has 0 radical (unpaired) electrons. The molecule has 9 heteroatoms. The molecule has 0 heterocycles. The fourth-order valence-electron chi connectivity index (χ4n) is 2.59. The molecule has 3 rings (SSSR count). The molecule has 0 aliphatic carbocycles. The minimum Gasteiger partial charge on any atom is -0.493 e. The standard InChI is InChI=1S/C22H16BrCl2IN2O3/c1-30-20-9-14(11-27-28-22(29)17-7-6-16(24)10-18(17)25)8-19(26)21(20)31-12-13-2-4-15(23)5-3-13/h2-11H,12H2,1H3,(H,28,29)/b27-11-. The van der Waals surface area contributed by atoms with Gasteiger partial charge in [0.15, 0.2) is 11.5 Å². The molecule has 0 bridgehead atoms. The molecule has 5 nitrogen and oxygen atoms in total. The van der Waals surface area contributed by atoms with Crippen LogP contribution in [-0.2, 0) is 6.61 Å². The lowest BCUT2D eigenvalue weighted by molar-refractivity contribution is 0.0955. The van der Waals surface area contributed by atoms with Crippen LogP contribution >= 0.6 is 61.7 Å². The number of hydrazone groups is 1. The molecule has 160 valence electrons. The van der Waals surface area contributed by atoms with Crippen molar-refractivity contribution in [3.05, 3.63) is 89.4 Å². The average molecular weight is 634 g/mol. The monoisotopic (exact) mass is 632 g/mol. The van der Waals surface area contributed by atoms with E-state index in [1.54, 1.807) is 25.3 Å². The van der Waals surface area contributed by atoms with E-state index >= 15 is 0 Å². The number of ether oxygens (including phenoxy) is 2. The van der Waals surface area contributed by atoms with Gasteiger partial charge in [-0.3, -0.25) is 4.79 Å². The van der Waals surface area contributed by atoms with Crippen LogP contribution in [0.2, 0.25) is 10.0 Å². The quantitative estimate of drug-likeness (QED) is 0.179. The van der Waals surface area contributed by atoms with E-state index in [1.807, 2.05) is 30.3 Å². The predicted molar refractivity (Wildman–Crippen MR) is 136 cm³/mol. The van der Waals surface area contributed by atoms with E-state index < -0.39 is 5.91 Å². The van der Waals surface area contributed by atoms with E-state index in [2.05, 4.69) is 49.0 Å². The molecule has 0 saturated carbocycles. The summed E-state index contributed by atoms with van der Waals surface area (Å²) < 4.78 is 13.3. The molecule has 1 amide bonds. The molecule has 0 aliphatic rings. The number of hydrogen-bond donors (Lipinski definition) is 1. The maximum absolute atomic E-state index is 12.3. The Morgan fingerprint density at radius 2 is 1.90 bits per heavy atom. The maximum Gasteiger partial charge on any atom is 0.272 e. The lowest BCUT2D eigenvalue weighted by Gasteiger charge is -2.13. The van der Waals surface area contributed by atoms with Crippen LogP contribution in [0.15, 0.2) is 64.2 Å². The zero-order chi connectivity index (χ0) is 22.4. The van der Waals surface area contributed by atoms with E-state index in [0.717, 1.165) is 19.2 Å². The number of carbonyl (C=O) groups excluding carboxylic acids is 1. The van der Waals surface area contributed by atoms with Crippen molar-refractivity contribution < 1.29 is 14.3 Å². The number of amides is 1. The van der Waals surface area contributed by atoms with Crippen LogP contribution in [0.5, 0.6) is 11.5 Å². The number of carbonyl (C=O) groups is 1. The summed E-state index contributed by atoms with van der Waals surface area (Å²) in [5.41, 5.74) is 4.51. The highest BCUT2D eigenvalue weighted by Gasteiger charge is 2.12. The third kappa shape index (κ3) is 6.58. The third-order valence-electron chi connectivity index (χ3n) is 4.10. The van der Waals surface area contributed by atoms with Gasteiger partial charge in [-0.15, -0.1) is 0 Å².